The Morgan fingerprint density at radius 1 is 1.08 bits per heavy atom. The number of benzene rings is 1. The molecule has 6 rings (SSSR count). The third-order valence-electron chi connectivity index (χ3n) is 4.90. The van der Waals surface area contributed by atoms with E-state index in [9.17, 15) is 0 Å². The lowest BCUT2D eigenvalue weighted by Crippen LogP contribution is -2.09. The number of fused-ring (bicyclic) bond motifs is 6. The molecule has 4 aromatic heterocycles. The first kappa shape index (κ1) is 13.1. The van der Waals surface area contributed by atoms with Crippen molar-refractivity contribution in [3.05, 3.63) is 48.7 Å². The molecule has 0 aliphatic heterocycles. The van der Waals surface area contributed by atoms with Crippen LogP contribution in [-0.4, -0.2) is 39.0 Å². The molecule has 1 aliphatic carbocycles. The quantitative estimate of drug-likeness (QED) is 0.506. The van der Waals surface area contributed by atoms with Gasteiger partial charge in [-0.15, -0.1) is 15.3 Å². The molecule has 8 nitrogen and oxygen atoms in total. The van der Waals surface area contributed by atoms with Crippen molar-refractivity contribution in [3.8, 4) is 5.95 Å². The maximum absolute atomic E-state index is 4.45. The average molecular weight is 330 g/mol. The van der Waals surface area contributed by atoms with Gasteiger partial charge in [-0.1, -0.05) is 17.3 Å². The van der Waals surface area contributed by atoms with Crippen LogP contribution in [0.2, 0.25) is 0 Å². The van der Waals surface area contributed by atoms with Crippen molar-refractivity contribution in [1.29, 1.82) is 0 Å². The van der Waals surface area contributed by atoms with Gasteiger partial charge in [-0.25, -0.2) is 9.38 Å². The van der Waals surface area contributed by atoms with Crippen molar-refractivity contribution in [2.24, 2.45) is 5.92 Å². The number of hydrogen-bond donors (Lipinski definition) is 0. The molecule has 0 saturated heterocycles. The molecule has 5 aromatic rings. The highest BCUT2D eigenvalue weighted by atomic mass is 15.5. The van der Waals surface area contributed by atoms with Crippen molar-refractivity contribution < 1.29 is 0 Å². The predicted octanol–water partition coefficient (Wildman–Crippen LogP) is 2.06. The zero-order chi connectivity index (χ0) is 16.4. The van der Waals surface area contributed by atoms with Crippen LogP contribution in [0, 0.1) is 5.92 Å². The first-order valence-electron chi connectivity index (χ1n) is 8.38. The van der Waals surface area contributed by atoms with E-state index in [4.69, 9.17) is 0 Å². The number of aromatic nitrogens is 8. The monoisotopic (exact) mass is 330 g/mol. The van der Waals surface area contributed by atoms with E-state index in [1.54, 1.807) is 4.68 Å². The lowest BCUT2D eigenvalue weighted by atomic mass is 10.2. The van der Waals surface area contributed by atoms with Crippen LogP contribution in [0.25, 0.3) is 28.1 Å². The summed E-state index contributed by atoms with van der Waals surface area (Å²) in [7, 11) is 0. The van der Waals surface area contributed by atoms with Crippen molar-refractivity contribution in [2.45, 2.75) is 19.3 Å². The Kier molecular flexibility index (Phi) is 2.41. The summed E-state index contributed by atoms with van der Waals surface area (Å²) in [6.45, 7) is 0. The number of rotatable bonds is 3. The first-order valence-corrected chi connectivity index (χ1v) is 8.38. The van der Waals surface area contributed by atoms with Gasteiger partial charge in [-0.2, -0.15) is 4.68 Å². The largest absolute Gasteiger partial charge is 0.284 e. The van der Waals surface area contributed by atoms with E-state index >= 15 is 0 Å². The number of hydrogen-bond acceptors (Lipinski definition) is 5. The minimum atomic E-state index is 0.652. The van der Waals surface area contributed by atoms with Crippen LogP contribution in [0.5, 0.6) is 0 Å². The number of imidazole rings is 1. The molecular weight excluding hydrogens is 316 g/mol. The third-order valence-corrected chi connectivity index (χ3v) is 4.90. The van der Waals surface area contributed by atoms with Gasteiger partial charge in [0.25, 0.3) is 5.95 Å². The number of para-hydroxylation sites is 1. The lowest BCUT2D eigenvalue weighted by Gasteiger charge is -2.08. The molecule has 1 aromatic carbocycles. The maximum atomic E-state index is 4.45. The average Bonchev–Trinajstić information content (AvgIpc) is 3.05. The van der Waals surface area contributed by atoms with Crippen LogP contribution >= 0.6 is 0 Å². The van der Waals surface area contributed by atoms with Crippen LogP contribution in [-0.2, 0) is 6.42 Å². The summed E-state index contributed by atoms with van der Waals surface area (Å²) >= 11 is 0. The third kappa shape index (κ3) is 1.79. The Balaban J connectivity index is 1.71. The molecule has 122 valence electrons. The molecule has 0 spiro atoms. The van der Waals surface area contributed by atoms with Crippen LogP contribution in [0.3, 0.4) is 0 Å². The van der Waals surface area contributed by atoms with E-state index in [-0.39, 0.29) is 0 Å². The smallest absolute Gasteiger partial charge is 0.259 e. The Morgan fingerprint density at radius 3 is 2.92 bits per heavy atom. The Bertz CT molecular complexity index is 1240. The predicted molar refractivity (Wildman–Crippen MR) is 90.6 cm³/mol. The SMILES string of the molecule is c1ccc2c(c1)c1nnc(-n3nncc3CC3CC3)n1c1cncn21. The molecular formula is C17H14N8. The summed E-state index contributed by atoms with van der Waals surface area (Å²) < 4.78 is 5.85. The molecule has 0 radical (unpaired) electrons. The van der Waals surface area contributed by atoms with Crippen LogP contribution in [0.1, 0.15) is 18.5 Å². The van der Waals surface area contributed by atoms with Gasteiger partial charge in [0, 0.05) is 5.39 Å². The van der Waals surface area contributed by atoms with E-state index in [0.717, 1.165) is 40.2 Å². The van der Waals surface area contributed by atoms with Crippen molar-refractivity contribution in [1.82, 2.24) is 39.0 Å². The lowest BCUT2D eigenvalue weighted by molar-refractivity contribution is 0.687. The Labute approximate surface area is 141 Å². The molecule has 1 aliphatic rings. The maximum Gasteiger partial charge on any atom is 0.259 e. The molecule has 25 heavy (non-hydrogen) atoms. The van der Waals surface area contributed by atoms with Crippen LogP contribution < -0.4 is 0 Å². The molecule has 1 fully saturated rings. The summed E-state index contributed by atoms with van der Waals surface area (Å²) in [5, 5.41) is 18.3. The first-order chi connectivity index (χ1) is 12.4. The second-order valence-electron chi connectivity index (χ2n) is 6.58. The van der Waals surface area contributed by atoms with Crippen molar-refractivity contribution in [2.75, 3.05) is 0 Å². The summed E-state index contributed by atoms with van der Waals surface area (Å²) in [5.74, 6) is 1.40. The molecule has 0 atom stereocenters. The summed E-state index contributed by atoms with van der Waals surface area (Å²) in [6.07, 6.45) is 9.00. The molecule has 0 amide bonds. The summed E-state index contributed by atoms with van der Waals surface area (Å²) in [4.78, 5) is 4.33. The second-order valence-corrected chi connectivity index (χ2v) is 6.58. The van der Waals surface area contributed by atoms with Gasteiger partial charge in [-0.05, 0) is 37.3 Å². The standard InChI is InChI=1S/C17H14N8/c1-2-4-14-13(3-1)16-20-21-17(24(16)15-9-18-10-23(14)15)25-12(8-19-22-25)7-11-5-6-11/h1-4,8-11H,5-7H2. The molecule has 0 bridgehead atoms. The van der Waals surface area contributed by atoms with Crippen LogP contribution in [0.4, 0.5) is 0 Å². The minimum Gasteiger partial charge on any atom is -0.284 e. The van der Waals surface area contributed by atoms with E-state index in [1.165, 1.54) is 12.8 Å². The number of nitrogens with zero attached hydrogens (tertiary/aromatic N) is 8. The topological polar surface area (TPSA) is 78.2 Å². The summed E-state index contributed by atoms with van der Waals surface area (Å²) in [6, 6.07) is 8.13. The molecule has 0 N–H and O–H groups in total. The molecule has 4 heterocycles. The van der Waals surface area contributed by atoms with Gasteiger partial charge >= 0.3 is 0 Å². The minimum absolute atomic E-state index is 0.652. The fourth-order valence-corrected chi connectivity index (χ4v) is 3.49. The van der Waals surface area contributed by atoms with Gasteiger partial charge in [-0.3, -0.25) is 4.40 Å². The van der Waals surface area contributed by atoms with Gasteiger partial charge in [0.1, 0.15) is 12.0 Å². The highest BCUT2D eigenvalue weighted by Gasteiger charge is 2.25. The van der Waals surface area contributed by atoms with E-state index in [1.807, 2.05) is 39.7 Å². The second kappa shape index (κ2) is 4.62. The highest BCUT2D eigenvalue weighted by molar-refractivity contribution is 5.94. The van der Waals surface area contributed by atoms with Gasteiger partial charge in [0.05, 0.1) is 23.6 Å². The fraction of sp³-hybridized carbons (Fsp3) is 0.235. The Morgan fingerprint density at radius 2 is 2.00 bits per heavy atom. The fourth-order valence-electron chi connectivity index (χ4n) is 3.49. The normalized spacial score (nSPS) is 14.9. The molecule has 8 heteroatoms. The highest BCUT2D eigenvalue weighted by Crippen LogP contribution is 2.33. The van der Waals surface area contributed by atoms with Crippen LogP contribution in [0.15, 0.2) is 43.0 Å². The Hall–Kier alpha value is -3.29. The van der Waals surface area contributed by atoms with Gasteiger partial charge in [0.2, 0.25) is 0 Å². The zero-order valence-corrected chi connectivity index (χ0v) is 13.3. The zero-order valence-electron chi connectivity index (χ0n) is 13.3. The van der Waals surface area contributed by atoms with Gasteiger partial charge in [0.15, 0.2) is 5.65 Å². The van der Waals surface area contributed by atoms with E-state index < -0.39 is 0 Å². The van der Waals surface area contributed by atoms with E-state index in [2.05, 4.69) is 37.6 Å². The summed E-state index contributed by atoms with van der Waals surface area (Å²) in [5.41, 5.74) is 3.83. The molecule has 0 unspecified atom stereocenters. The van der Waals surface area contributed by atoms with Crippen molar-refractivity contribution in [3.63, 3.8) is 0 Å². The van der Waals surface area contributed by atoms with Gasteiger partial charge < -0.3 is 0 Å². The van der Waals surface area contributed by atoms with E-state index in [0.29, 0.717) is 5.95 Å². The van der Waals surface area contributed by atoms with Crippen molar-refractivity contribution >= 4 is 22.2 Å². The molecule has 1 saturated carbocycles.